The lowest BCUT2D eigenvalue weighted by Gasteiger charge is -2.35. The van der Waals surface area contributed by atoms with Crippen LogP contribution in [0.5, 0.6) is 0 Å². The van der Waals surface area contributed by atoms with Gasteiger partial charge in [-0.05, 0) is 61.2 Å². The molecule has 0 aromatic rings. The van der Waals surface area contributed by atoms with Crippen molar-refractivity contribution in [2.24, 2.45) is 35.0 Å². The van der Waals surface area contributed by atoms with Crippen LogP contribution >= 0.6 is 0 Å². The molecule has 0 bridgehead atoms. The maximum atomic E-state index is 2.53. The van der Waals surface area contributed by atoms with E-state index >= 15 is 0 Å². The molecule has 0 unspecified atom stereocenters. The molecule has 0 radical (unpaired) electrons. The quantitative estimate of drug-likeness (QED) is 0.559. The average Bonchev–Trinajstić information content (AvgIpc) is 2.75. The predicted molar refractivity (Wildman–Crippen MR) is 64.5 cm³/mol. The van der Waals surface area contributed by atoms with Crippen molar-refractivity contribution >= 4 is 0 Å². The highest BCUT2D eigenvalue weighted by Crippen LogP contribution is 2.77. The summed E-state index contributed by atoms with van der Waals surface area (Å²) in [5.41, 5.74) is 2.47. The predicted octanol–water partition coefficient (Wildman–Crippen LogP) is 4.27. The molecule has 0 heteroatoms. The van der Waals surface area contributed by atoms with Gasteiger partial charge in [-0.1, -0.05) is 32.4 Å². The molecule has 2 fully saturated rings. The van der Waals surface area contributed by atoms with Gasteiger partial charge in [0.05, 0.1) is 0 Å². The number of fused-ring (bicyclic) bond motifs is 1. The summed E-state index contributed by atoms with van der Waals surface area (Å²) in [4.78, 5) is 0. The van der Waals surface area contributed by atoms with Crippen molar-refractivity contribution in [3.05, 3.63) is 11.6 Å². The lowest BCUT2D eigenvalue weighted by atomic mass is 9.70. The van der Waals surface area contributed by atoms with Crippen LogP contribution in [-0.2, 0) is 0 Å². The van der Waals surface area contributed by atoms with Gasteiger partial charge in [0.25, 0.3) is 0 Å². The fourth-order valence-corrected chi connectivity index (χ4v) is 5.05. The van der Waals surface area contributed by atoms with E-state index in [9.17, 15) is 0 Å². The molecule has 5 atom stereocenters. The minimum absolute atomic E-state index is 0.747. The highest BCUT2D eigenvalue weighted by Gasteiger charge is 2.71. The summed E-state index contributed by atoms with van der Waals surface area (Å²) in [5, 5.41) is 0. The molecule has 0 N–H and O–H groups in total. The van der Waals surface area contributed by atoms with Gasteiger partial charge < -0.3 is 0 Å². The summed E-state index contributed by atoms with van der Waals surface area (Å²) in [6.45, 7) is 9.75. The molecule has 0 amide bonds. The Morgan fingerprint density at radius 3 is 2.73 bits per heavy atom. The van der Waals surface area contributed by atoms with E-state index in [-0.39, 0.29) is 0 Å². The van der Waals surface area contributed by atoms with Crippen LogP contribution in [0.1, 0.15) is 47.0 Å². The van der Waals surface area contributed by atoms with Gasteiger partial charge in [0.15, 0.2) is 0 Å². The molecule has 1 spiro atoms. The van der Waals surface area contributed by atoms with Gasteiger partial charge in [0, 0.05) is 0 Å². The Labute approximate surface area is 94.1 Å². The van der Waals surface area contributed by atoms with Crippen molar-refractivity contribution in [2.45, 2.75) is 47.0 Å². The Hall–Kier alpha value is -0.260. The number of allylic oxidation sites excluding steroid dienone is 2. The van der Waals surface area contributed by atoms with Crippen molar-refractivity contribution in [2.75, 3.05) is 0 Å². The second-order valence-electron chi connectivity index (χ2n) is 6.65. The molecule has 3 aliphatic carbocycles. The SMILES string of the molecule is CC1=CC[C@@]23[C@H]([C@@H]12)[C@H](C(C)C)CC[C@H]3C. The normalized spacial score (nSPS) is 52.5. The van der Waals surface area contributed by atoms with Crippen LogP contribution in [0, 0.1) is 35.0 Å². The van der Waals surface area contributed by atoms with Crippen molar-refractivity contribution < 1.29 is 0 Å². The topological polar surface area (TPSA) is 0 Å². The number of hydrogen-bond acceptors (Lipinski definition) is 0. The third-order valence-electron chi connectivity index (χ3n) is 5.89. The van der Waals surface area contributed by atoms with Crippen molar-refractivity contribution in [1.82, 2.24) is 0 Å². The molecule has 0 saturated heterocycles. The van der Waals surface area contributed by atoms with Gasteiger partial charge in [-0.3, -0.25) is 0 Å². The van der Waals surface area contributed by atoms with E-state index in [2.05, 4.69) is 33.8 Å². The zero-order chi connectivity index (χ0) is 10.8. The Kier molecular flexibility index (Phi) is 1.92. The molecule has 0 heterocycles. The van der Waals surface area contributed by atoms with E-state index in [1.807, 2.05) is 0 Å². The molecule has 0 nitrogen and oxygen atoms in total. The van der Waals surface area contributed by atoms with Gasteiger partial charge in [-0.25, -0.2) is 0 Å². The van der Waals surface area contributed by atoms with Crippen LogP contribution in [0.4, 0.5) is 0 Å². The maximum absolute atomic E-state index is 2.53. The fraction of sp³-hybridized carbons (Fsp3) is 0.867. The van der Waals surface area contributed by atoms with E-state index < -0.39 is 0 Å². The molecule has 84 valence electrons. The average molecular weight is 204 g/mol. The van der Waals surface area contributed by atoms with Crippen molar-refractivity contribution in [3.63, 3.8) is 0 Å². The first-order valence-corrected chi connectivity index (χ1v) is 6.75. The standard InChI is InChI=1S/C15H24/c1-9(2)12-6-5-11(4)15-8-7-10(3)13(15)14(12)15/h7,9,11-14H,5-6,8H2,1-4H3/t11-,12+,13-,14+,15+/m1/s1. The lowest BCUT2D eigenvalue weighted by Crippen LogP contribution is -2.27. The van der Waals surface area contributed by atoms with Crippen LogP contribution in [0.2, 0.25) is 0 Å². The van der Waals surface area contributed by atoms with Crippen LogP contribution in [-0.4, -0.2) is 0 Å². The second-order valence-corrected chi connectivity index (χ2v) is 6.65. The van der Waals surface area contributed by atoms with Crippen molar-refractivity contribution in [3.8, 4) is 0 Å². The number of rotatable bonds is 1. The molecular formula is C15H24. The van der Waals surface area contributed by atoms with Gasteiger partial charge >= 0.3 is 0 Å². The molecule has 0 aliphatic heterocycles. The fourth-order valence-electron chi connectivity index (χ4n) is 5.05. The molecular weight excluding hydrogens is 180 g/mol. The zero-order valence-corrected chi connectivity index (χ0v) is 10.6. The first-order valence-electron chi connectivity index (χ1n) is 6.75. The lowest BCUT2D eigenvalue weighted by molar-refractivity contribution is 0.149. The maximum Gasteiger partial charge on any atom is -0.0104 e. The van der Waals surface area contributed by atoms with Gasteiger partial charge in [-0.15, -0.1) is 0 Å². The Balaban J connectivity index is 1.91. The van der Waals surface area contributed by atoms with E-state index in [1.165, 1.54) is 19.3 Å². The van der Waals surface area contributed by atoms with Crippen LogP contribution in [0.25, 0.3) is 0 Å². The summed E-state index contributed by atoms with van der Waals surface area (Å²) >= 11 is 0. The monoisotopic (exact) mass is 204 g/mol. The minimum atomic E-state index is 0.747. The molecule has 3 aliphatic rings. The minimum Gasteiger partial charge on any atom is -0.0847 e. The highest BCUT2D eigenvalue weighted by molar-refractivity contribution is 5.35. The summed E-state index contributed by atoms with van der Waals surface area (Å²) in [7, 11) is 0. The number of hydrogen-bond donors (Lipinski definition) is 0. The van der Waals surface area contributed by atoms with E-state index in [4.69, 9.17) is 0 Å². The smallest absolute Gasteiger partial charge is 0.0104 e. The third-order valence-corrected chi connectivity index (χ3v) is 5.89. The molecule has 2 saturated carbocycles. The van der Waals surface area contributed by atoms with Crippen LogP contribution in [0.15, 0.2) is 11.6 Å². The van der Waals surface area contributed by atoms with Crippen LogP contribution < -0.4 is 0 Å². The summed E-state index contributed by atoms with van der Waals surface area (Å²) in [6.07, 6.45) is 6.91. The second kappa shape index (κ2) is 2.90. The Morgan fingerprint density at radius 2 is 2.07 bits per heavy atom. The van der Waals surface area contributed by atoms with Gasteiger partial charge in [0.2, 0.25) is 0 Å². The molecule has 15 heavy (non-hydrogen) atoms. The molecule has 3 rings (SSSR count). The Morgan fingerprint density at radius 1 is 1.33 bits per heavy atom. The van der Waals surface area contributed by atoms with Crippen LogP contribution in [0.3, 0.4) is 0 Å². The van der Waals surface area contributed by atoms with Gasteiger partial charge in [-0.2, -0.15) is 0 Å². The first-order chi connectivity index (χ1) is 7.09. The Bertz CT molecular complexity index is 312. The van der Waals surface area contributed by atoms with E-state index in [1.54, 1.807) is 5.57 Å². The highest BCUT2D eigenvalue weighted by atomic mass is 14.8. The summed E-state index contributed by atoms with van der Waals surface area (Å²) < 4.78 is 0. The van der Waals surface area contributed by atoms with E-state index in [0.717, 1.165) is 35.0 Å². The van der Waals surface area contributed by atoms with Gasteiger partial charge in [0.1, 0.15) is 0 Å². The molecule has 0 aromatic heterocycles. The third kappa shape index (κ3) is 1.04. The zero-order valence-electron chi connectivity index (χ0n) is 10.6. The van der Waals surface area contributed by atoms with Crippen molar-refractivity contribution in [1.29, 1.82) is 0 Å². The van der Waals surface area contributed by atoms with E-state index in [0.29, 0.717) is 0 Å². The summed E-state index contributed by atoms with van der Waals surface area (Å²) in [5.74, 6) is 4.96. The first kappa shape index (κ1) is 9.93. The largest absolute Gasteiger partial charge is 0.0847 e. The summed E-state index contributed by atoms with van der Waals surface area (Å²) in [6, 6.07) is 0. The molecule has 0 aromatic carbocycles.